The average Bonchev–Trinajstić information content (AvgIpc) is 2.47. The van der Waals surface area contributed by atoms with Crippen LogP contribution in [0.25, 0.3) is 10.2 Å². The quantitative estimate of drug-likeness (QED) is 0.637. The van der Waals surface area contributed by atoms with Crippen LogP contribution in [0.2, 0.25) is 0 Å². The summed E-state index contributed by atoms with van der Waals surface area (Å²) in [5.74, 6) is 0. The van der Waals surface area contributed by atoms with Gasteiger partial charge in [0.1, 0.15) is 10.9 Å². The Kier molecular flexibility index (Phi) is 1.78. The molecule has 0 N–H and O–H groups in total. The third-order valence-corrected chi connectivity index (χ3v) is 3.03. The molecule has 2 rings (SSSR count). The predicted molar refractivity (Wildman–Crippen MR) is 53.8 cm³/mol. The molecule has 0 aliphatic heterocycles. The van der Waals surface area contributed by atoms with Crippen molar-refractivity contribution >= 4 is 21.6 Å². The maximum Gasteiger partial charge on any atom is 0.123 e. The first-order valence-electron chi connectivity index (χ1n) is 3.98. The summed E-state index contributed by atoms with van der Waals surface area (Å²) in [6.45, 7) is 4.02. The number of hydrogen-bond donors (Lipinski definition) is 0. The predicted octanol–water partition coefficient (Wildman–Crippen LogP) is 2.78. The first-order chi connectivity index (χ1) is 6.22. The highest BCUT2D eigenvalue weighted by Crippen LogP contribution is 2.26. The smallest absolute Gasteiger partial charge is 0.123 e. The van der Waals surface area contributed by atoms with Crippen molar-refractivity contribution in [2.45, 2.75) is 13.8 Å². The monoisotopic (exact) mass is 188 g/mol. The summed E-state index contributed by atoms with van der Waals surface area (Å²) in [6.07, 6.45) is 1.65. The minimum Gasteiger partial charge on any atom is -0.244 e. The molecule has 2 aromatic rings. The van der Waals surface area contributed by atoms with Crippen molar-refractivity contribution in [1.82, 2.24) is 4.98 Å². The van der Waals surface area contributed by atoms with Crippen molar-refractivity contribution in [3.63, 3.8) is 0 Å². The molecule has 0 unspecified atom stereocenters. The second-order valence-electron chi connectivity index (χ2n) is 2.98. The van der Waals surface area contributed by atoms with Gasteiger partial charge >= 0.3 is 0 Å². The maximum atomic E-state index is 8.80. The summed E-state index contributed by atoms with van der Waals surface area (Å²) in [5, 5.41) is 9.91. The van der Waals surface area contributed by atoms with E-state index in [1.54, 1.807) is 17.5 Å². The van der Waals surface area contributed by atoms with Crippen LogP contribution in [0.1, 0.15) is 16.0 Å². The van der Waals surface area contributed by atoms with E-state index in [4.69, 9.17) is 5.26 Å². The summed E-state index contributed by atoms with van der Waals surface area (Å²) in [5.41, 5.74) is 1.71. The van der Waals surface area contributed by atoms with E-state index in [1.807, 2.05) is 6.92 Å². The van der Waals surface area contributed by atoms with Gasteiger partial charge in [-0.05, 0) is 25.5 Å². The standard InChI is InChI=1S/C10H8N2S/c1-6-3-9-7(2)8(4-11)5-12-10(9)13-6/h3,5H,1-2H3. The second-order valence-corrected chi connectivity index (χ2v) is 4.22. The Bertz CT molecular complexity index is 505. The van der Waals surface area contributed by atoms with Crippen molar-refractivity contribution in [1.29, 1.82) is 5.26 Å². The van der Waals surface area contributed by atoms with E-state index in [9.17, 15) is 0 Å². The molecule has 0 radical (unpaired) electrons. The number of fused-ring (bicyclic) bond motifs is 1. The van der Waals surface area contributed by atoms with Gasteiger partial charge < -0.3 is 0 Å². The summed E-state index contributed by atoms with van der Waals surface area (Å²) in [6, 6.07) is 4.23. The van der Waals surface area contributed by atoms with Crippen molar-refractivity contribution in [2.24, 2.45) is 0 Å². The molecule has 2 aromatic heterocycles. The summed E-state index contributed by atoms with van der Waals surface area (Å²) >= 11 is 1.66. The van der Waals surface area contributed by atoms with Crippen molar-refractivity contribution < 1.29 is 0 Å². The molecule has 13 heavy (non-hydrogen) atoms. The highest BCUT2D eigenvalue weighted by atomic mass is 32.1. The number of nitriles is 1. The fourth-order valence-electron chi connectivity index (χ4n) is 1.34. The molecule has 64 valence electrons. The van der Waals surface area contributed by atoms with E-state index in [-0.39, 0.29) is 0 Å². The first-order valence-corrected chi connectivity index (χ1v) is 4.80. The second kappa shape index (κ2) is 2.82. The van der Waals surface area contributed by atoms with Gasteiger partial charge in [-0.2, -0.15) is 5.26 Å². The van der Waals surface area contributed by atoms with Crippen LogP contribution in [0.15, 0.2) is 12.3 Å². The molecular weight excluding hydrogens is 180 g/mol. The lowest BCUT2D eigenvalue weighted by Crippen LogP contribution is -1.84. The largest absolute Gasteiger partial charge is 0.244 e. The fraction of sp³-hybridized carbons (Fsp3) is 0.200. The van der Waals surface area contributed by atoms with Crippen LogP contribution >= 0.6 is 11.3 Å². The van der Waals surface area contributed by atoms with Gasteiger partial charge in [0.05, 0.1) is 5.56 Å². The molecule has 0 amide bonds. The highest BCUT2D eigenvalue weighted by Gasteiger charge is 2.06. The molecule has 0 aliphatic carbocycles. The Labute approximate surface area is 80.5 Å². The number of aryl methyl sites for hydroxylation is 2. The van der Waals surface area contributed by atoms with Crippen LogP contribution in [0, 0.1) is 25.2 Å². The summed E-state index contributed by atoms with van der Waals surface area (Å²) in [7, 11) is 0. The number of aromatic nitrogens is 1. The fourth-order valence-corrected chi connectivity index (χ4v) is 2.25. The normalized spacial score (nSPS) is 10.2. The minimum atomic E-state index is 0.672. The third-order valence-electron chi connectivity index (χ3n) is 2.08. The van der Waals surface area contributed by atoms with E-state index >= 15 is 0 Å². The van der Waals surface area contributed by atoms with Crippen LogP contribution in [0.3, 0.4) is 0 Å². The first kappa shape index (κ1) is 8.21. The minimum absolute atomic E-state index is 0.672. The summed E-state index contributed by atoms with van der Waals surface area (Å²) in [4.78, 5) is 6.49. The molecule has 0 aliphatic rings. The van der Waals surface area contributed by atoms with E-state index in [1.165, 1.54) is 4.88 Å². The molecule has 3 heteroatoms. The molecule has 0 bridgehead atoms. The number of pyridine rings is 1. The van der Waals surface area contributed by atoms with Crippen molar-refractivity contribution in [3.8, 4) is 6.07 Å². The van der Waals surface area contributed by atoms with Gasteiger partial charge in [-0.15, -0.1) is 11.3 Å². The van der Waals surface area contributed by atoms with Crippen LogP contribution in [-0.4, -0.2) is 4.98 Å². The SMILES string of the molecule is Cc1cc2c(C)c(C#N)cnc2s1. The Hall–Kier alpha value is -1.40. The Morgan fingerprint density at radius 2 is 2.23 bits per heavy atom. The number of thiophene rings is 1. The van der Waals surface area contributed by atoms with Gasteiger partial charge in [0.2, 0.25) is 0 Å². The number of nitrogens with zero attached hydrogens (tertiary/aromatic N) is 2. The molecule has 0 aromatic carbocycles. The zero-order valence-corrected chi connectivity index (χ0v) is 8.27. The lowest BCUT2D eigenvalue weighted by Gasteiger charge is -1.96. The van der Waals surface area contributed by atoms with Gasteiger partial charge in [-0.25, -0.2) is 4.98 Å². The molecule has 0 spiro atoms. The van der Waals surface area contributed by atoms with E-state index in [0.29, 0.717) is 5.56 Å². The molecule has 2 heterocycles. The van der Waals surface area contributed by atoms with Gasteiger partial charge in [0.15, 0.2) is 0 Å². The lowest BCUT2D eigenvalue weighted by molar-refractivity contribution is 1.34. The molecule has 2 nitrogen and oxygen atoms in total. The van der Waals surface area contributed by atoms with E-state index in [2.05, 4.69) is 24.0 Å². The van der Waals surface area contributed by atoms with E-state index < -0.39 is 0 Å². The maximum absolute atomic E-state index is 8.80. The van der Waals surface area contributed by atoms with Gasteiger partial charge in [-0.3, -0.25) is 0 Å². The van der Waals surface area contributed by atoms with Crippen LogP contribution in [-0.2, 0) is 0 Å². The van der Waals surface area contributed by atoms with Crippen LogP contribution in [0.4, 0.5) is 0 Å². The third kappa shape index (κ3) is 1.20. The highest BCUT2D eigenvalue weighted by molar-refractivity contribution is 7.18. The average molecular weight is 188 g/mol. The van der Waals surface area contributed by atoms with Gasteiger partial charge in [-0.1, -0.05) is 0 Å². The lowest BCUT2D eigenvalue weighted by atomic mass is 10.1. The van der Waals surface area contributed by atoms with Crippen molar-refractivity contribution in [2.75, 3.05) is 0 Å². The molecule has 0 saturated carbocycles. The van der Waals surface area contributed by atoms with Gasteiger partial charge in [0.25, 0.3) is 0 Å². The molecule has 0 fully saturated rings. The number of hydrogen-bond acceptors (Lipinski definition) is 3. The van der Waals surface area contributed by atoms with Crippen LogP contribution in [0.5, 0.6) is 0 Å². The number of rotatable bonds is 0. The van der Waals surface area contributed by atoms with E-state index in [0.717, 1.165) is 15.8 Å². The van der Waals surface area contributed by atoms with Crippen LogP contribution < -0.4 is 0 Å². The zero-order chi connectivity index (χ0) is 9.42. The topological polar surface area (TPSA) is 36.7 Å². The Balaban J connectivity index is 2.87. The van der Waals surface area contributed by atoms with Crippen molar-refractivity contribution in [3.05, 3.63) is 28.3 Å². The Morgan fingerprint density at radius 3 is 2.92 bits per heavy atom. The molecule has 0 saturated heterocycles. The zero-order valence-electron chi connectivity index (χ0n) is 7.46. The molecular formula is C10H8N2S. The molecule has 0 atom stereocenters. The Morgan fingerprint density at radius 1 is 1.46 bits per heavy atom. The van der Waals surface area contributed by atoms with Gasteiger partial charge in [0, 0.05) is 16.5 Å². The summed E-state index contributed by atoms with van der Waals surface area (Å²) < 4.78 is 0.